The summed E-state index contributed by atoms with van der Waals surface area (Å²) in [7, 11) is -76.9. The standard InChI is InChI=1S/Na.20H2O3S2/c;20*1-5(2,3)4/h;20*(H2,1,2,3,4)/q+1;;;;;;;;;;;;;;;;;;;;/p-1. The van der Waals surface area contributed by atoms with E-state index in [2.05, 4.69) is 224 Å². The van der Waals surface area contributed by atoms with Gasteiger partial charge in [-0.05, 0) is 11.2 Å². The van der Waals surface area contributed by atoms with Gasteiger partial charge >= 0.3 is 29.6 Å². The Kier molecular flexibility index (Phi) is 120. The maximum Gasteiger partial charge on any atom is 1.00 e. The molecule has 101 heteroatoms. The van der Waals surface area contributed by atoms with E-state index in [0.29, 0.717) is 0 Å². The molecule has 0 aliphatic carbocycles. The Morgan fingerprint density at radius 3 is 0.119 bits per heavy atom. The third kappa shape index (κ3) is 25400. The maximum absolute atomic E-state index is 9.11. The van der Waals surface area contributed by atoms with E-state index < -0.39 is 181 Å². The minimum Gasteiger partial charge on any atom is -0.748 e. The first-order valence-electron chi connectivity index (χ1n) is 14.0. The van der Waals surface area contributed by atoms with E-state index in [9.17, 15) is 0 Å². The van der Waals surface area contributed by atoms with Crippen LogP contribution in [0.15, 0.2) is 0 Å². The average Bonchev–Trinajstić information content (AvgIpc) is 2.87. The van der Waals surface area contributed by atoms with Gasteiger partial charge in [0.05, 0.1) is 9.05 Å². The summed E-state index contributed by atoms with van der Waals surface area (Å²) in [5.41, 5.74) is 0. The van der Waals surface area contributed by atoms with Crippen LogP contribution in [0.4, 0.5) is 0 Å². The van der Waals surface area contributed by atoms with Gasteiger partial charge < -0.3 is 9.11 Å². The van der Waals surface area contributed by atoms with Gasteiger partial charge in [-0.15, -0.1) is 0 Å². The fourth-order valence-corrected chi connectivity index (χ4v) is 0. The number of hydrogen-bond acceptors (Lipinski definition) is 41. The maximum atomic E-state index is 9.11. The molecule has 0 bridgehead atoms. The topological polar surface area (TPSA) is 1150 Å². The summed E-state index contributed by atoms with van der Waals surface area (Å²) < 4.78 is 480. The predicted octanol–water partition coefficient (Wildman–Crippen LogP) is -9.76. The summed E-state index contributed by atoms with van der Waals surface area (Å²) in [4.78, 5) is 0. The van der Waals surface area contributed by atoms with E-state index in [0.717, 1.165) is 0 Å². The van der Waals surface area contributed by atoms with Crippen molar-refractivity contribution in [3.63, 3.8) is 0 Å². The van der Waals surface area contributed by atoms with Gasteiger partial charge in [-0.25, -0.2) is 4.21 Å². The zero-order chi connectivity index (χ0) is 90.0. The predicted molar refractivity (Wildman–Crippen MR) is 413 cm³/mol. The van der Waals surface area contributed by atoms with Crippen molar-refractivity contribution >= 4 is 405 Å². The van der Waals surface area contributed by atoms with Gasteiger partial charge in [0, 0.05) is 213 Å². The Morgan fingerprint density at radius 1 is 0.119 bits per heavy atom. The quantitative estimate of drug-likeness (QED) is 0.100. The van der Waals surface area contributed by atoms with Crippen LogP contribution in [0.25, 0.3) is 0 Å². The Morgan fingerprint density at radius 2 is 0.119 bits per heavy atom. The summed E-state index contributed by atoms with van der Waals surface area (Å²) in [6.07, 6.45) is 0. The first-order chi connectivity index (χ1) is 40.0. The Bertz CT molecular complexity index is 3070. The van der Waals surface area contributed by atoms with Crippen LogP contribution in [0.1, 0.15) is 0 Å². The molecule has 0 aliphatic rings. The second kappa shape index (κ2) is 74.4. The molecular weight excluding hydrogens is 2270 g/mol. The molecule has 60 nitrogen and oxygen atoms in total. The van der Waals surface area contributed by atoms with Gasteiger partial charge in [-0.1, -0.05) is 0 Å². The number of rotatable bonds is 0. The van der Waals surface area contributed by atoms with Crippen LogP contribution in [0.5, 0.6) is 0 Å². The van der Waals surface area contributed by atoms with E-state index in [1.54, 1.807) is 0 Å². The zero-order valence-corrected chi connectivity index (χ0v) is 78.0. The normalized spacial score (nSPS) is 12.0. The van der Waals surface area contributed by atoms with Gasteiger partial charge in [0.15, 0.2) is 0 Å². The molecule has 0 aromatic carbocycles. The first kappa shape index (κ1) is 163. The molecular formula is H39NaO60S40. The van der Waals surface area contributed by atoms with Crippen molar-refractivity contribution < 1.29 is 296 Å². The third-order valence-electron chi connectivity index (χ3n) is 0. The fourth-order valence-electron chi connectivity index (χ4n) is 0. The Hall–Kier alpha value is 6.80. The third-order valence-corrected chi connectivity index (χ3v) is 0. The molecule has 0 rings (SSSR count). The van der Waals surface area contributed by atoms with Crippen molar-refractivity contribution in [3.8, 4) is 0 Å². The smallest absolute Gasteiger partial charge is 0.748 e. The molecule has 1 atom stereocenters. The molecule has 0 aliphatic heterocycles. The number of hydrogen-bond donors (Lipinski definition) is 39. The zero-order valence-electron chi connectivity index (χ0n) is 43.3. The minimum atomic E-state index is -4.08. The average molecular weight is 2300 g/mol. The second-order valence-electron chi connectivity index (χ2n) is 8.94. The minimum absolute atomic E-state index is 0. The molecule has 101 heavy (non-hydrogen) atoms. The van der Waals surface area contributed by atoms with E-state index in [1.165, 1.54) is 0 Å². The van der Waals surface area contributed by atoms with Crippen molar-refractivity contribution in [3.05, 3.63) is 0 Å². The van der Waals surface area contributed by atoms with Gasteiger partial charge in [0.1, 0.15) is 0 Å². The van der Waals surface area contributed by atoms with E-state index in [1.807, 2.05) is 0 Å². The van der Waals surface area contributed by atoms with Crippen molar-refractivity contribution in [2.45, 2.75) is 0 Å². The van der Waals surface area contributed by atoms with Crippen LogP contribution in [-0.2, 0) is 405 Å². The molecule has 39 N–H and O–H groups in total. The molecule has 0 amide bonds. The van der Waals surface area contributed by atoms with E-state index in [-0.39, 0.29) is 29.6 Å². The summed E-state index contributed by atoms with van der Waals surface area (Å²) in [5, 5.41) is 0. The largest absolute Gasteiger partial charge is 1.00 e. The van der Waals surface area contributed by atoms with Gasteiger partial charge in [-0.3, -0.25) is 173 Å². The van der Waals surface area contributed by atoms with Crippen LogP contribution in [0.2, 0.25) is 0 Å². The van der Waals surface area contributed by atoms with E-state index >= 15 is 0 Å². The Balaban J connectivity index is -0.0000000351. The summed E-state index contributed by atoms with van der Waals surface area (Å²) in [5.74, 6) is 0. The fraction of sp³-hybridized carbons (Fsp3) is 0. The molecule has 640 valence electrons. The van der Waals surface area contributed by atoms with Gasteiger partial charge in [0.25, 0.3) is 172 Å². The molecule has 0 aromatic rings. The van der Waals surface area contributed by atoms with Crippen molar-refractivity contribution in [1.82, 2.24) is 0 Å². The van der Waals surface area contributed by atoms with Crippen LogP contribution in [0, 0.1) is 0 Å². The molecule has 0 fully saturated rings. The summed E-state index contributed by atoms with van der Waals surface area (Å²) in [6.45, 7) is 0. The summed E-state index contributed by atoms with van der Waals surface area (Å²) in [6, 6.07) is 0. The van der Waals surface area contributed by atoms with Crippen molar-refractivity contribution in [2.75, 3.05) is 0 Å². The first-order valence-corrected chi connectivity index (χ1v) is 61.9. The van der Waals surface area contributed by atoms with Crippen molar-refractivity contribution in [1.29, 1.82) is 0 Å². The molecule has 1 unspecified atom stereocenters. The molecule has 0 saturated carbocycles. The monoisotopic (exact) mass is 2300 g/mol. The van der Waals surface area contributed by atoms with Crippen LogP contribution < -0.4 is 29.6 Å². The summed E-state index contributed by atoms with van der Waals surface area (Å²) >= 11 is 69.2. The van der Waals surface area contributed by atoms with E-state index in [4.69, 9.17) is 266 Å². The van der Waals surface area contributed by atoms with Gasteiger partial charge in [-0.2, -0.15) is 80.0 Å². The SMILES string of the molecule is O=S(O)(O)=S.O=S(O)(O)=S.O=S(O)(O)=S.O=S(O)(O)=S.O=S(O)(O)=S.O=S(O)(O)=S.O=S(O)(O)=S.O=S(O)(O)=S.O=S(O)(O)=S.O=S(O)(O)=S.O=S(O)(O)=S.O=S(O)(O)=S.O=S(O)(O)=S.O=S(O)(O)=S.O=S(O)(O)=S.O=S(O)(O)=S.O=S(O)(O)=S.O=S(O)(O)=S.O=S(O)(O)=S.O=S([O-])(O)=S.[Na+]. The van der Waals surface area contributed by atoms with Crippen LogP contribution in [0.3, 0.4) is 0 Å². The Labute approximate surface area is 689 Å². The molecule has 0 spiro atoms. The molecule has 0 heterocycles. The molecule has 0 radical (unpaired) electrons. The molecule has 0 saturated heterocycles. The molecule has 0 aromatic heterocycles. The van der Waals surface area contributed by atoms with Crippen LogP contribution >= 0.6 is 0 Å². The van der Waals surface area contributed by atoms with Crippen molar-refractivity contribution in [2.24, 2.45) is 0 Å². The second-order valence-corrected chi connectivity index (χ2v) is 52.8. The van der Waals surface area contributed by atoms with Gasteiger partial charge in [0.2, 0.25) is 0 Å². The van der Waals surface area contributed by atoms with Crippen LogP contribution in [-0.4, -0.2) is 266 Å².